The quantitative estimate of drug-likeness (QED) is 0.780. The number of hydrogen-bond acceptors (Lipinski definition) is 5. The minimum absolute atomic E-state index is 0.112. The average Bonchev–Trinajstić information content (AvgIpc) is 3.01. The van der Waals surface area contributed by atoms with Gasteiger partial charge in [0.15, 0.2) is 0 Å². The van der Waals surface area contributed by atoms with E-state index >= 15 is 0 Å². The maximum atomic E-state index is 13.1. The number of rotatable bonds is 4. The molecule has 1 amide bonds. The summed E-state index contributed by atoms with van der Waals surface area (Å²) >= 11 is 0. The van der Waals surface area contributed by atoms with Crippen LogP contribution in [0.1, 0.15) is 27.2 Å². The number of aryl methyl sites for hydroxylation is 1. The third kappa shape index (κ3) is 3.03. The topological polar surface area (TPSA) is 77.2 Å². The highest BCUT2D eigenvalue weighted by Crippen LogP contribution is 2.27. The van der Waals surface area contributed by atoms with Crippen molar-refractivity contribution in [3.63, 3.8) is 0 Å². The largest absolute Gasteiger partial charge is 0.473 e. The Balaban J connectivity index is 1.56. The molecular weight excluding hydrogens is 337 g/mol. The molecule has 1 N–H and O–H groups in total. The van der Waals surface area contributed by atoms with Gasteiger partial charge >= 0.3 is 0 Å². The molecule has 0 atom stereocenters. The van der Waals surface area contributed by atoms with E-state index in [1.165, 1.54) is 18.3 Å². The fourth-order valence-corrected chi connectivity index (χ4v) is 2.91. The average molecular weight is 353 g/mol. The van der Waals surface area contributed by atoms with Crippen molar-refractivity contribution in [3.8, 4) is 17.1 Å². The zero-order valence-corrected chi connectivity index (χ0v) is 14.1. The van der Waals surface area contributed by atoms with Gasteiger partial charge < -0.3 is 14.6 Å². The molecule has 132 valence electrons. The van der Waals surface area contributed by atoms with Crippen molar-refractivity contribution in [2.45, 2.75) is 20.0 Å². The molecular formula is C19H16FN3O3. The van der Waals surface area contributed by atoms with E-state index in [1.807, 2.05) is 0 Å². The second kappa shape index (κ2) is 6.59. The van der Waals surface area contributed by atoms with Gasteiger partial charge in [-0.2, -0.15) is 0 Å². The predicted octanol–water partition coefficient (Wildman–Crippen LogP) is 3.05. The Morgan fingerprint density at radius 3 is 2.92 bits per heavy atom. The van der Waals surface area contributed by atoms with E-state index in [4.69, 9.17) is 9.26 Å². The number of halogens is 1. The number of amides is 1. The number of aromatic nitrogens is 2. The molecule has 2 aromatic heterocycles. The van der Waals surface area contributed by atoms with Gasteiger partial charge in [0.2, 0.25) is 5.88 Å². The number of nitrogens with zero attached hydrogens (tertiary/aromatic N) is 2. The Morgan fingerprint density at radius 2 is 2.12 bits per heavy atom. The second-order valence-electron chi connectivity index (χ2n) is 6.05. The molecule has 0 radical (unpaired) electrons. The van der Waals surface area contributed by atoms with Crippen LogP contribution in [-0.2, 0) is 13.0 Å². The third-order valence-electron chi connectivity index (χ3n) is 4.36. The number of benzene rings is 1. The summed E-state index contributed by atoms with van der Waals surface area (Å²) in [7, 11) is 0. The van der Waals surface area contributed by atoms with Gasteiger partial charge in [-0.3, -0.25) is 4.79 Å². The fourth-order valence-electron chi connectivity index (χ4n) is 2.91. The van der Waals surface area contributed by atoms with Crippen molar-refractivity contribution in [1.82, 2.24) is 15.5 Å². The Labute approximate surface area is 149 Å². The van der Waals surface area contributed by atoms with Gasteiger partial charge in [0.25, 0.3) is 5.91 Å². The molecule has 0 bridgehead atoms. The van der Waals surface area contributed by atoms with Crippen LogP contribution in [0.15, 0.2) is 41.1 Å². The van der Waals surface area contributed by atoms with E-state index in [-0.39, 0.29) is 18.3 Å². The summed E-state index contributed by atoms with van der Waals surface area (Å²) in [6.45, 7) is 2.61. The number of fused-ring (bicyclic) bond motifs is 1. The molecule has 0 fully saturated rings. The molecule has 0 aliphatic carbocycles. The zero-order valence-electron chi connectivity index (χ0n) is 14.1. The summed E-state index contributed by atoms with van der Waals surface area (Å²) in [4.78, 5) is 16.0. The van der Waals surface area contributed by atoms with Gasteiger partial charge in [0.1, 0.15) is 23.9 Å². The first kappa shape index (κ1) is 16.3. The second-order valence-corrected chi connectivity index (χ2v) is 6.05. The van der Waals surface area contributed by atoms with Crippen LogP contribution in [0, 0.1) is 12.7 Å². The first-order valence-electron chi connectivity index (χ1n) is 8.23. The fraction of sp³-hybridized carbons (Fsp3) is 0.211. The highest BCUT2D eigenvalue weighted by Gasteiger charge is 2.19. The molecule has 26 heavy (non-hydrogen) atoms. The van der Waals surface area contributed by atoms with Crippen LogP contribution in [0.5, 0.6) is 5.88 Å². The Hall–Kier alpha value is -3.22. The predicted molar refractivity (Wildman–Crippen MR) is 91.2 cm³/mol. The molecule has 1 aliphatic heterocycles. The van der Waals surface area contributed by atoms with Gasteiger partial charge in [-0.15, -0.1) is 0 Å². The van der Waals surface area contributed by atoms with Crippen molar-refractivity contribution in [2.75, 3.05) is 6.54 Å². The van der Waals surface area contributed by atoms with Gasteiger partial charge in [-0.05, 0) is 43.2 Å². The van der Waals surface area contributed by atoms with Crippen LogP contribution in [-0.4, -0.2) is 22.6 Å². The summed E-state index contributed by atoms with van der Waals surface area (Å²) in [5, 5.41) is 6.84. The number of carbonyl (C=O) groups excluding carboxylic acids is 1. The molecule has 3 heterocycles. The SMILES string of the molecule is Cc1onc(-c2ccc(F)cc2)c1COc1cc2c(cn1)C(=O)NCC2. The number of ether oxygens (including phenoxy) is 1. The molecule has 0 saturated heterocycles. The van der Waals surface area contributed by atoms with Crippen LogP contribution in [0.25, 0.3) is 11.3 Å². The first-order chi connectivity index (χ1) is 12.6. The minimum Gasteiger partial charge on any atom is -0.473 e. The van der Waals surface area contributed by atoms with Gasteiger partial charge in [0, 0.05) is 24.4 Å². The smallest absolute Gasteiger partial charge is 0.253 e. The minimum atomic E-state index is -0.311. The maximum absolute atomic E-state index is 13.1. The number of hydrogen-bond donors (Lipinski definition) is 1. The standard InChI is InChI=1S/C19H16FN3O3/c1-11-16(18(23-26-11)12-2-4-14(20)5-3-12)10-25-17-8-13-6-7-21-19(24)15(13)9-22-17/h2-5,8-9H,6-7,10H2,1H3,(H,21,24). The van der Waals surface area contributed by atoms with Crippen LogP contribution < -0.4 is 10.1 Å². The Kier molecular flexibility index (Phi) is 4.12. The molecule has 4 rings (SSSR count). The van der Waals surface area contributed by atoms with E-state index in [1.54, 1.807) is 25.1 Å². The molecule has 0 spiro atoms. The number of carbonyl (C=O) groups is 1. The summed E-state index contributed by atoms with van der Waals surface area (Å²) in [6.07, 6.45) is 2.27. The van der Waals surface area contributed by atoms with Crippen LogP contribution in [0.3, 0.4) is 0 Å². The molecule has 7 heteroatoms. The van der Waals surface area contributed by atoms with Gasteiger partial charge in [-0.25, -0.2) is 9.37 Å². The van der Waals surface area contributed by atoms with Crippen molar-refractivity contribution in [1.29, 1.82) is 0 Å². The van der Waals surface area contributed by atoms with E-state index < -0.39 is 0 Å². The summed E-state index contributed by atoms with van der Waals surface area (Å²) in [5.41, 5.74) is 3.63. The third-order valence-corrected chi connectivity index (χ3v) is 4.36. The van der Waals surface area contributed by atoms with E-state index in [0.29, 0.717) is 29.4 Å². The lowest BCUT2D eigenvalue weighted by atomic mass is 10.0. The summed E-state index contributed by atoms with van der Waals surface area (Å²) in [6, 6.07) is 7.83. The van der Waals surface area contributed by atoms with Crippen molar-refractivity contribution in [3.05, 3.63) is 64.8 Å². The highest BCUT2D eigenvalue weighted by molar-refractivity contribution is 5.96. The normalized spacial score (nSPS) is 13.2. The van der Waals surface area contributed by atoms with E-state index in [9.17, 15) is 9.18 Å². The molecule has 3 aromatic rings. The van der Waals surface area contributed by atoms with Crippen LogP contribution >= 0.6 is 0 Å². The molecule has 1 aliphatic rings. The zero-order chi connectivity index (χ0) is 18.1. The molecule has 0 saturated carbocycles. The lowest BCUT2D eigenvalue weighted by molar-refractivity contribution is 0.0945. The lowest BCUT2D eigenvalue weighted by Gasteiger charge is -2.16. The number of pyridine rings is 1. The molecule has 1 aromatic carbocycles. The summed E-state index contributed by atoms with van der Waals surface area (Å²) < 4.78 is 24.2. The lowest BCUT2D eigenvalue weighted by Crippen LogP contribution is -2.31. The first-order valence-corrected chi connectivity index (χ1v) is 8.23. The highest BCUT2D eigenvalue weighted by atomic mass is 19.1. The Morgan fingerprint density at radius 1 is 1.31 bits per heavy atom. The van der Waals surface area contributed by atoms with Gasteiger partial charge in [0.05, 0.1) is 11.1 Å². The van der Waals surface area contributed by atoms with Crippen LogP contribution in [0.2, 0.25) is 0 Å². The molecule has 6 nitrogen and oxygen atoms in total. The van der Waals surface area contributed by atoms with E-state index in [2.05, 4.69) is 15.5 Å². The van der Waals surface area contributed by atoms with E-state index in [0.717, 1.165) is 23.1 Å². The summed E-state index contributed by atoms with van der Waals surface area (Å²) in [5.74, 6) is 0.638. The maximum Gasteiger partial charge on any atom is 0.253 e. The number of nitrogens with one attached hydrogen (secondary N) is 1. The Bertz CT molecular complexity index is 967. The van der Waals surface area contributed by atoms with Crippen LogP contribution in [0.4, 0.5) is 4.39 Å². The van der Waals surface area contributed by atoms with Crippen molar-refractivity contribution in [2.24, 2.45) is 0 Å². The van der Waals surface area contributed by atoms with Crippen molar-refractivity contribution >= 4 is 5.91 Å². The molecule has 0 unspecified atom stereocenters. The van der Waals surface area contributed by atoms with Gasteiger partial charge in [-0.1, -0.05) is 5.16 Å². The monoisotopic (exact) mass is 353 g/mol. The van der Waals surface area contributed by atoms with Crippen molar-refractivity contribution < 1.29 is 18.4 Å².